The first-order valence-electron chi connectivity index (χ1n) is 11.7. The predicted octanol–water partition coefficient (Wildman–Crippen LogP) is 5.10. The van der Waals surface area contributed by atoms with Gasteiger partial charge in [-0.3, -0.25) is 4.79 Å². The monoisotopic (exact) mass is 503 g/mol. The van der Waals surface area contributed by atoms with Crippen molar-refractivity contribution in [1.29, 1.82) is 0 Å². The third-order valence-electron chi connectivity index (χ3n) is 6.72. The van der Waals surface area contributed by atoms with Gasteiger partial charge in [-0.05, 0) is 25.6 Å². The molecule has 186 valence electrons. The van der Waals surface area contributed by atoms with Crippen LogP contribution in [0.1, 0.15) is 32.1 Å². The second-order valence-corrected chi connectivity index (χ2v) is 10.0. The van der Waals surface area contributed by atoms with E-state index in [1.165, 1.54) is 11.3 Å². The minimum atomic E-state index is -0.101. The summed E-state index contributed by atoms with van der Waals surface area (Å²) >= 11 is 1.35. The highest BCUT2D eigenvalue weighted by Gasteiger charge is 2.29. The normalized spacial score (nSPS) is 13.5. The van der Waals surface area contributed by atoms with Crippen molar-refractivity contribution in [3.63, 3.8) is 0 Å². The fourth-order valence-electron chi connectivity index (χ4n) is 4.79. The van der Waals surface area contributed by atoms with Gasteiger partial charge >= 0.3 is 0 Å². The number of fused-ring (bicyclic) bond motifs is 2. The Morgan fingerprint density at radius 2 is 1.69 bits per heavy atom. The van der Waals surface area contributed by atoms with Gasteiger partial charge in [0.05, 0.1) is 27.0 Å². The quantitative estimate of drug-likeness (QED) is 0.366. The first-order chi connectivity index (χ1) is 17.4. The van der Waals surface area contributed by atoms with Gasteiger partial charge in [0.1, 0.15) is 15.5 Å². The van der Waals surface area contributed by atoms with Crippen molar-refractivity contribution in [2.75, 3.05) is 40.7 Å². The zero-order valence-corrected chi connectivity index (χ0v) is 21.9. The molecule has 8 heteroatoms. The molecule has 3 heterocycles. The maximum atomic E-state index is 13.5. The van der Waals surface area contributed by atoms with Gasteiger partial charge in [-0.2, -0.15) is 0 Å². The molecular weight excluding hydrogens is 474 g/mol. The van der Waals surface area contributed by atoms with Crippen LogP contribution in [0.15, 0.2) is 36.4 Å². The number of aryl methyl sites for hydroxylation is 1. The maximum Gasteiger partial charge on any atom is 0.205 e. The van der Waals surface area contributed by atoms with Crippen LogP contribution in [0.3, 0.4) is 0 Å². The topological polar surface area (TPSA) is 86.9 Å². The molecule has 0 amide bonds. The molecule has 0 unspecified atom stereocenters. The molecule has 1 aliphatic heterocycles. The number of methoxy groups -OCH3 is 3. The summed E-state index contributed by atoms with van der Waals surface area (Å²) in [4.78, 5) is 22.0. The number of nitrogen functional groups attached to an aromatic ring is 1. The van der Waals surface area contributed by atoms with E-state index in [9.17, 15) is 4.79 Å². The van der Waals surface area contributed by atoms with Crippen molar-refractivity contribution in [3.05, 3.63) is 63.7 Å². The molecule has 0 spiro atoms. The fraction of sp³-hybridized carbons (Fsp3) is 0.286. The third-order valence-corrected chi connectivity index (χ3v) is 7.81. The van der Waals surface area contributed by atoms with Crippen molar-refractivity contribution >= 4 is 33.0 Å². The number of thiophene rings is 1. The summed E-state index contributed by atoms with van der Waals surface area (Å²) < 4.78 is 16.9. The number of likely N-dealkylation sites (N-methyl/N-ethyl adjacent to an activating group) is 1. The summed E-state index contributed by atoms with van der Waals surface area (Å²) in [5.41, 5.74) is 12.8. The number of ketones is 1. The molecule has 0 fully saturated rings. The fourth-order valence-corrected chi connectivity index (χ4v) is 5.87. The van der Waals surface area contributed by atoms with Gasteiger partial charge in [0.2, 0.25) is 5.78 Å². The van der Waals surface area contributed by atoms with E-state index in [0.717, 1.165) is 51.1 Å². The van der Waals surface area contributed by atoms with E-state index in [1.54, 1.807) is 21.3 Å². The van der Waals surface area contributed by atoms with Crippen LogP contribution in [0.2, 0.25) is 0 Å². The number of aromatic nitrogens is 1. The molecule has 2 aromatic carbocycles. The van der Waals surface area contributed by atoms with Crippen LogP contribution < -0.4 is 19.9 Å². The number of hydrogen-bond acceptors (Lipinski definition) is 8. The number of benzene rings is 2. The number of pyridine rings is 1. The summed E-state index contributed by atoms with van der Waals surface area (Å²) in [7, 11) is 6.92. The molecule has 2 N–H and O–H groups in total. The summed E-state index contributed by atoms with van der Waals surface area (Å²) in [6, 6.07) is 11.3. The largest absolute Gasteiger partial charge is 0.496 e. The number of hydrogen-bond donors (Lipinski definition) is 1. The average molecular weight is 504 g/mol. The number of rotatable bonds is 6. The van der Waals surface area contributed by atoms with Gasteiger partial charge in [-0.25, -0.2) is 4.98 Å². The molecule has 0 radical (unpaired) electrons. The summed E-state index contributed by atoms with van der Waals surface area (Å²) in [6.07, 6.45) is 0.809. The van der Waals surface area contributed by atoms with Crippen molar-refractivity contribution in [3.8, 4) is 28.4 Å². The summed E-state index contributed by atoms with van der Waals surface area (Å²) in [5.74, 6) is 1.69. The van der Waals surface area contributed by atoms with Crippen LogP contribution in [0.25, 0.3) is 21.3 Å². The molecule has 1 aliphatic rings. The second-order valence-electron chi connectivity index (χ2n) is 9.03. The van der Waals surface area contributed by atoms with Crippen LogP contribution in [0.4, 0.5) is 5.69 Å². The minimum absolute atomic E-state index is 0.101. The molecule has 0 bridgehead atoms. The maximum absolute atomic E-state index is 13.5. The second kappa shape index (κ2) is 9.44. The van der Waals surface area contributed by atoms with Crippen molar-refractivity contribution < 1.29 is 19.0 Å². The number of nitrogens with zero attached hydrogens (tertiary/aromatic N) is 2. The van der Waals surface area contributed by atoms with E-state index < -0.39 is 0 Å². The highest BCUT2D eigenvalue weighted by molar-refractivity contribution is 7.21. The van der Waals surface area contributed by atoms with Gasteiger partial charge in [0, 0.05) is 53.3 Å². The lowest BCUT2D eigenvalue weighted by Gasteiger charge is -2.27. The summed E-state index contributed by atoms with van der Waals surface area (Å²) in [5, 5.41) is 0.773. The highest BCUT2D eigenvalue weighted by atomic mass is 32.1. The molecule has 0 saturated carbocycles. The molecule has 4 aromatic rings. The standard InChI is InChI=1S/C28H29N3O4S/c1-15-6-8-16(9-7-15)26(32)27-25(29)24-23(17-12-21(34-4)22(35-5)13-20(17)33-3)18-14-31(2)11-10-19(18)30-28(24)36-27/h6-9,12-13H,10-11,14,29H2,1-5H3. The molecule has 0 aliphatic carbocycles. The zero-order valence-electron chi connectivity index (χ0n) is 21.1. The Morgan fingerprint density at radius 1 is 1.03 bits per heavy atom. The lowest BCUT2D eigenvalue weighted by molar-refractivity contribution is 0.104. The number of nitrogens with two attached hydrogens (primary N) is 1. The zero-order chi connectivity index (χ0) is 25.6. The lowest BCUT2D eigenvalue weighted by Crippen LogP contribution is -2.28. The van der Waals surface area contributed by atoms with Gasteiger partial charge in [-0.1, -0.05) is 29.8 Å². The number of ether oxygens (including phenoxy) is 3. The minimum Gasteiger partial charge on any atom is -0.496 e. The van der Waals surface area contributed by atoms with Crippen LogP contribution in [-0.4, -0.2) is 50.6 Å². The molecule has 0 atom stereocenters. The molecule has 2 aromatic heterocycles. The first-order valence-corrected chi connectivity index (χ1v) is 12.5. The van der Waals surface area contributed by atoms with Crippen molar-refractivity contribution in [2.24, 2.45) is 0 Å². The van der Waals surface area contributed by atoms with Crippen LogP contribution >= 0.6 is 11.3 Å². The number of anilines is 1. The van der Waals surface area contributed by atoms with E-state index in [1.807, 2.05) is 43.3 Å². The van der Waals surface area contributed by atoms with Gasteiger partial charge in [-0.15, -0.1) is 11.3 Å². The van der Waals surface area contributed by atoms with Crippen LogP contribution in [-0.2, 0) is 13.0 Å². The van der Waals surface area contributed by atoms with E-state index >= 15 is 0 Å². The van der Waals surface area contributed by atoms with Crippen LogP contribution in [0.5, 0.6) is 17.2 Å². The molecular formula is C28H29N3O4S. The van der Waals surface area contributed by atoms with E-state index in [2.05, 4.69) is 11.9 Å². The van der Waals surface area contributed by atoms with Gasteiger partial charge in [0.25, 0.3) is 0 Å². The van der Waals surface area contributed by atoms with E-state index in [0.29, 0.717) is 39.9 Å². The SMILES string of the molecule is COc1cc(OC)c(-c2c3c(nc4sc(C(=O)c5ccc(C)cc5)c(N)c24)CCN(C)C3)cc1OC. The molecule has 7 nitrogen and oxygen atoms in total. The number of carbonyl (C=O) groups is 1. The van der Waals surface area contributed by atoms with Crippen LogP contribution in [0, 0.1) is 6.92 Å². The first kappa shape index (κ1) is 24.1. The number of carbonyl (C=O) groups excluding carboxylic acids is 1. The smallest absolute Gasteiger partial charge is 0.205 e. The van der Waals surface area contributed by atoms with Gasteiger partial charge < -0.3 is 24.8 Å². The Hall–Kier alpha value is -3.62. The van der Waals surface area contributed by atoms with Gasteiger partial charge in [0.15, 0.2) is 11.5 Å². The Bertz CT molecular complexity index is 1480. The molecule has 36 heavy (non-hydrogen) atoms. The van der Waals surface area contributed by atoms with E-state index in [4.69, 9.17) is 24.9 Å². The Balaban J connectivity index is 1.82. The van der Waals surface area contributed by atoms with Crippen molar-refractivity contribution in [2.45, 2.75) is 19.9 Å². The van der Waals surface area contributed by atoms with E-state index in [-0.39, 0.29) is 5.78 Å². The molecule has 0 saturated heterocycles. The van der Waals surface area contributed by atoms with Crippen molar-refractivity contribution in [1.82, 2.24) is 9.88 Å². The summed E-state index contributed by atoms with van der Waals surface area (Å²) in [6.45, 7) is 3.61. The highest BCUT2D eigenvalue weighted by Crippen LogP contribution is 2.48. The Kier molecular flexibility index (Phi) is 6.32. The average Bonchev–Trinajstić information content (AvgIpc) is 3.22. The Morgan fingerprint density at radius 3 is 2.36 bits per heavy atom. The third kappa shape index (κ3) is 3.96. The lowest BCUT2D eigenvalue weighted by atomic mass is 9.91. The molecule has 5 rings (SSSR count). The Labute approximate surface area is 214 Å². The predicted molar refractivity (Wildman–Crippen MR) is 144 cm³/mol.